The lowest BCUT2D eigenvalue weighted by molar-refractivity contribution is -0.143. The van der Waals surface area contributed by atoms with Crippen LogP contribution in [0.1, 0.15) is 67.9 Å². The quantitative estimate of drug-likeness (QED) is 0.214. The van der Waals surface area contributed by atoms with Crippen molar-refractivity contribution in [3.8, 4) is 17.2 Å². The molecule has 3 aromatic carbocycles. The minimum Gasteiger partial charge on any atom is -0.493 e. The number of rotatable bonds is 10. The zero-order chi connectivity index (χ0) is 29.7. The van der Waals surface area contributed by atoms with E-state index in [1.54, 1.807) is 14.2 Å². The molecule has 0 spiro atoms. The van der Waals surface area contributed by atoms with Crippen LogP contribution in [-0.4, -0.2) is 37.3 Å². The molecule has 0 saturated heterocycles. The number of carbonyl (C=O) groups is 2. The average Bonchev–Trinajstić information content (AvgIpc) is 2.92. The monoisotopic (exact) mass is 559 g/mol. The third-order valence-corrected chi connectivity index (χ3v) is 7.55. The molecule has 0 aliphatic heterocycles. The van der Waals surface area contributed by atoms with Crippen molar-refractivity contribution in [2.75, 3.05) is 19.5 Å². The molecule has 0 saturated carbocycles. The smallest absolute Gasteiger partial charge is 0.316 e. The number of aryl methyl sites for hydroxylation is 1. The molecule has 0 amide bonds. The van der Waals surface area contributed by atoms with E-state index in [9.17, 15) is 9.59 Å². The number of carbonyl (C=O) groups excluding carboxylic acids is 1. The van der Waals surface area contributed by atoms with Gasteiger partial charge in [0.25, 0.3) is 0 Å². The molecule has 7 heteroatoms. The van der Waals surface area contributed by atoms with Crippen LogP contribution < -0.4 is 19.5 Å². The average molecular weight is 560 g/mol. The first-order valence-corrected chi connectivity index (χ1v) is 14.1. The van der Waals surface area contributed by atoms with Crippen LogP contribution >= 0.6 is 0 Å². The van der Waals surface area contributed by atoms with Crippen LogP contribution in [0.25, 0.3) is 0 Å². The second kappa shape index (κ2) is 12.7. The number of hydrogen-bond donors (Lipinski definition) is 2. The van der Waals surface area contributed by atoms with Crippen LogP contribution in [0.3, 0.4) is 0 Å². The predicted molar refractivity (Wildman–Crippen MR) is 160 cm³/mol. The van der Waals surface area contributed by atoms with Crippen molar-refractivity contribution in [2.45, 2.75) is 71.8 Å². The zero-order valence-corrected chi connectivity index (χ0v) is 24.9. The molecular weight excluding hydrogens is 518 g/mol. The Labute approximate surface area is 242 Å². The maximum atomic E-state index is 12.4. The molecule has 2 N–H and O–H groups in total. The second-order valence-corrected chi connectivity index (χ2v) is 11.9. The molecule has 0 radical (unpaired) electrons. The molecular formula is C34H41NO6. The highest BCUT2D eigenvalue weighted by atomic mass is 16.5. The minimum atomic E-state index is -0.830. The summed E-state index contributed by atoms with van der Waals surface area (Å²) < 4.78 is 16.9. The molecule has 3 aromatic rings. The van der Waals surface area contributed by atoms with E-state index in [2.05, 4.69) is 24.4 Å². The number of aliphatic carboxylic acids is 1. The number of fused-ring (bicyclic) bond motifs is 1. The molecule has 1 aliphatic carbocycles. The van der Waals surface area contributed by atoms with Gasteiger partial charge in [-0.15, -0.1) is 0 Å². The molecule has 0 fully saturated rings. The lowest BCUT2D eigenvalue weighted by atomic mass is 9.79. The standard InChI is InChI=1S/C34H41NO6/c1-21(15-22-7-9-23(10-8-22)16-32(36)37)35-29-20-31(40-6)30(39-5)19-28(29)26-12-11-25-18-27(14-13-24(25)17-26)41-33(38)34(2,3)4/h7-10,13-14,18-21,26,35H,11-12,15-17H2,1-6H3,(H,36,37). The number of carboxylic acid groups (broad SMARTS) is 1. The van der Waals surface area contributed by atoms with Crippen LogP contribution in [0.2, 0.25) is 0 Å². The predicted octanol–water partition coefficient (Wildman–Crippen LogP) is 6.60. The Hall–Kier alpha value is -4.00. The molecule has 0 heterocycles. The highest BCUT2D eigenvalue weighted by Crippen LogP contribution is 2.42. The van der Waals surface area contributed by atoms with Gasteiger partial charge in [0, 0.05) is 17.8 Å². The molecule has 218 valence electrons. The number of nitrogens with one attached hydrogen (secondary N) is 1. The molecule has 41 heavy (non-hydrogen) atoms. The van der Waals surface area contributed by atoms with Crippen LogP contribution in [0.5, 0.6) is 17.2 Å². The van der Waals surface area contributed by atoms with Gasteiger partial charge in [0.15, 0.2) is 11.5 Å². The van der Waals surface area contributed by atoms with Gasteiger partial charge in [0.05, 0.1) is 26.1 Å². The summed E-state index contributed by atoms with van der Waals surface area (Å²) in [5.41, 5.74) is 6.04. The van der Waals surface area contributed by atoms with E-state index in [1.807, 2.05) is 63.2 Å². The van der Waals surface area contributed by atoms with Gasteiger partial charge >= 0.3 is 11.9 Å². The summed E-state index contributed by atoms with van der Waals surface area (Å²) in [5, 5.41) is 12.7. The van der Waals surface area contributed by atoms with E-state index in [0.29, 0.717) is 17.2 Å². The summed E-state index contributed by atoms with van der Waals surface area (Å²) in [5.74, 6) is 1.17. The summed E-state index contributed by atoms with van der Waals surface area (Å²) >= 11 is 0. The van der Waals surface area contributed by atoms with Crippen molar-refractivity contribution in [3.05, 3.63) is 82.4 Å². The number of methoxy groups -OCH3 is 2. The minimum absolute atomic E-state index is 0.0248. The first-order valence-electron chi connectivity index (χ1n) is 14.1. The van der Waals surface area contributed by atoms with Crippen molar-refractivity contribution in [1.82, 2.24) is 0 Å². The van der Waals surface area contributed by atoms with Gasteiger partial charge < -0.3 is 24.6 Å². The van der Waals surface area contributed by atoms with Gasteiger partial charge in [0.2, 0.25) is 0 Å². The first-order chi connectivity index (χ1) is 19.5. The third-order valence-electron chi connectivity index (χ3n) is 7.55. The molecule has 0 aromatic heterocycles. The number of esters is 1. The fourth-order valence-electron chi connectivity index (χ4n) is 5.32. The van der Waals surface area contributed by atoms with E-state index in [0.717, 1.165) is 42.5 Å². The van der Waals surface area contributed by atoms with E-state index < -0.39 is 11.4 Å². The summed E-state index contributed by atoms with van der Waals surface area (Å²) in [6, 6.07) is 18.0. The van der Waals surface area contributed by atoms with E-state index in [4.69, 9.17) is 19.3 Å². The lowest BCUT2D eigenvalue weighted by Gasteiger charge is -2.29. The van der Waals surface area contributed by atoms with Crippen molar-refractivity contribution in [2.24, 2.45) is 5.41 Å². The van der Waals surface area contributed by atoms with Crippen LogP contribution in [-0.2, 0) is 35.3 Å². The normalized spacial score (nSPS) is 15.4. The van der Waals surface area contributed by atoms with Crippen molar-refractivity contribution in [1.29, 1.82) is 0 Å². The highest BCUT2D eigenvalue weighted by Gasteiger charge is 2.27. The van der Waals surface area contributed by atoms with Gasteiger partial charge in [-0.05, 0) is 105 Å². The fourth-order valence-corrected chi connectivity index (χ4v) is 5.32. The Morgan fingerprint density at radius 3 is 2.24 bits per heavy atom. The Bertz CT molecular complexity index is 1390. The molecule has 2 atom stereocenters. The first kappa shape index (κ1) is 30.0. The van der Waals surface area contributed by atoms with Crippen LogP contribution in [0.4, 0.5) is 5.69 Å². The number of hydrogen-bond acceptors (Lipinski definition) is 6. The molecule has 1 aliphatic rings. The van der Waals surface area contributed by atoms with Gasteiger partial charge in [-0.3, -0.25) is 9.59 Å². The number of ether oxygens (including phenoxy) is 3. The Morgan fingerprint density at radius 1 is 0.951 bits per heavy atom. The van der Waals surface area contributed by atoms with Crippen molar-refractivity contribution >= 4 is 17.6 Å². The Balaban J connectivity index is 1.54. The maximum absolute atomic E-state index is 12.4. The highest BCUT2D eigenvalue weighted by molar-refractivity contribution is 5.78. The molecule has 7 nitrogen and oxygen atoms in total. The van der Waals surface area contributed by atoms with Crippen molar-refractivity contribution < 1.29 is 28.9 Å². The SMILES string of the molecule is COc1cc(NC(C)Cc2ccc(CC(=O)O)cc2)c(C2CCc3cc(OC(=O)C(C)(C)C)ccc3C2)cc1OC. The number of benzene rings is 3. The van der Waals surface area contributed by atoms with Gasteiger partial charge in [-0.2, -0.15) is 0 Å². The Morgan fingerprint density at radius 2 is 1.61 bits per heavy atom. The van der Waals surface area contributed by atoms with E-state index in [-0.39, 0.29) is 24.3 Å². The fraction of sp³-hybridized carbons (Fsp3) is 0.412. The van der Waals surface area contributed by atoms with Crippen molar-refractivity contribution in [3.63, 3.8) is 0 Å². The summed E-state index contributed by atoms with van der Waals surface area (Å²) in [6.45, 7) is 7.70. The van der Waals surface area contributed by atoms with Gasteiger partial charge in [-0.1, -0.05) is 30.3 Å². The topological polar surface area (TPSA) is 94.1 Å². The van der Waals surface area contributed by atoms with E-state index >= 15 is 0 Å². The summed E-state index contributed by atoms with van der Waals surface area (Å²) in [6.07, 6.45) is 3.51. The van der Waals surface area contributed by atoms with Crippen LogP contribution in [0, 0.1) is 5.41 Å². The maximum Gasteiger partial charge on any atom is 0.316 e. The van der Waals surface area contributed by atoms with Gasteiger partial charge in [0.1, 0.15) is 5.75 Å². The summed E-state index contributed by atoms with van der Waals surface area (Å²) in [7, 11) is 3.30. The summed E-state index contributed by atoms with van der Waals surface area (Å²) in [4.78, 5) is 23.4. The molecule has 2 unspecified atom stereocenters. The lowest BCUT2D eigenvalue weighted by Crippen LogP contribution is -2.25. The van der Waals surface area contributed by atoms with E-state index in [1.165, 1.54) is 16.7 Å². The third kappa shape index (κ3) is 7.60. The molecule has 4 rings (SSSR count). The number of carboxylic acids is 1. The second-order valence-electron chi connectivity index (χ2n) is 11.9. The van der Waals surface area contributed by atoms with Gasteiger partial charge in [-0.25, -0.2) is 0 Å². The zero-order valence-electron chi connectivity index (χ0n) is 24.9. The largest absolute Gasteiger partial charge is 0.493 e. The Kier molecular flexibility index (Phi) is 9.26. The molecule has 0 bridgehead atoms. The number of anilines is 1. The van der Waals surface area contributed by atoms with Crippen LogP contribution in [0.15, 0.2) is 54.6 Å².